The van der Waals surface area contributed by atoms with Crippen LogP contribution in [0.5, 0.6) is 0 Å². The number of aliphatic hydroxyl groups excluding tert-OH is 14. The Hall–Kier alpha value is -11.9. The summed E-state index contributed by atoms with van der Waals surface area (Å²) in [6.07, 6.45) is -12.6. The molecule has 54 nitrogen and oxygen atoms in total. The maximum absolute atomic E-state index is 14.9. The number of azide groups is 1. The molecule has 0 saturated carbocycles. The van der Waals surface area contributed by atoms with E-state index in [0.717, 1.165) is 5.69 Å². The number of phosphoric acid groups is 3. The van der Waals surface area contributed by atoms with Crippen molar-refractivity contribution in [1.29, 1.82) is 10.5 Å². The number of anilines is 3. The highest BCUT2D eigenvalue weighted by atomic mass is 31.3. The van der Waals surface area contributed by atoms with Crippen molar-refractivity contribution in [1.82, 2.24) is 72.6 Å². The minimum atomic E-state index is -5.82. The second-order valence-electron chi connectivity index (χ2n) is 31.9. The van der Waals surface area contributed by atoms with Gasteiger partial charge in [-0.1, -0.05) is 11.0 Å². The number of nitriles is 2. The fraction of sp³-hybridized carbons (Fsp3) is 0.436. The molecule has 18 rings (SSSR count). The number of hydrogen-bond acceptors (Lipinski definition) is 41. The van der Waals surface area contributed by atoms with Crippen molar-refractivity contribution in [2.45, 2.75) is 172 Å². The monoisotopic (exact) mass is 1990 g/mol. The Morgan fingerprint density at radius 3 is 1.14 bits per heavy atom. The molecule has 12 aromatic rings. The number of aromatic nitrogens is 15. The standard InChI is InChI=1S/C14H14FN3O3.C13H16FN4O12P3.C13H13FN4O3.C13H14N4O4.C13H17N3O4.C12H14N6O4/c1-3-14(6-19)13(20)11(15)12(21-14)10-5-4-9-8(2)16-7-17-18(9)10;1-7-8-2-3-9(18(8)17-6-16-7)11-10(14)12(19)13(4-15,28-11)5-27-32(23,24)30-33(25,26)29-31(20,21)22;1-7-8-2-3-9(18(8)17-6-16-7)11-10(14)12(20)13(4-15,5-19)21-11;1-15-13(6-18)12(20)10(19)11(21-13)9-3-2-8-7(14)4-5-16-17(8)9;1-13(6-17)12(19)10(18)11(20-13)9-3-2-8-7(14)4-5-15-16(8)9;13-6-3-4-15-18-7(6)1-2-8(18)10-9(20)11(21)12(5-19,22-10)16-17-14/h1,4-5,7,11-13,19-20H,6H2,2H3;2-3,6,10-12,19H,5H2,1H3,(H,23,24)(H,25,26)(H2,20,21,22);2-3,6,10-12,19-20H,5H2,1H3;2-5,10-12,18-20H,6,14H2;2-5,10-12,17-19H,6,14H2,1H3;1-4,9-11,19-21H,5,13H2/t11-,12-,13-,14+;4*10-,11-,12-,13+;9-,10-,11-,12+/m000000/s1. The van der Waals surface area contributed by atoms with Gasteiger partial charge in [0.2, 0.25) is 11.2 Å². The lowest BCUT2D eigenvalue weighted by Crippen LogP contribution is -2.44. The molecule has 0 spiro atoms. The van der Waals surface area contributed by atoms with Gasteiger partial charge in [0.1, 0.15) is 129 Å². The number of aliphatic hydroxyl groups is 14. The topological polar surface area (TPSA) is 820 Å². The summed E-state index contributed by atoms with van der Waals surface area (Å²) in [5.41, 5.74) is 24.4. The first-order valence-corrected chi connectivity index (χ1v) is 45.0. The van der Waals surface area contributed by atoms with Crippen LogP contribution in [0.1, 0.15) is 94.8 Å². The van der Waals surface area contributed by atoms with Crippen molar-refractivity contribution >= 4 is 73.6 Å². The van der Waals surface area contributed by atoms with E-state index >= 15 is 0 Å². The number of phosphoric ester groups is 1. The lowest BCUT2D eigenvalue weighted by Gasteiger charge is -2.25. The number of nitrogens with zero attached hydrogens (tertiary/aromatic N) is 21. The van der Waals surface area contributed by atoms with Crippen LogP contribution >= 0.6 is 23.5 Å². The van der Waals surface area contributed by atoms with Crippen molar-refractivity contribution in [3.63, 3.8) is 0 Å². The number of hydrogen-bond donors (Lipinski definition) is 21. The van der Waals surface area contributed by atoms with E-state index in [9.17, 15) is 109 Å². The quantitative estimate of drug-likeness (QED) is 0.0117. The lowest BCUT2D eigenvalue weighted by atomic mass is 9.96. The number of fused-ring (bicyclic) bond motifs is 6. The van der Waals surface area contributed by atoms with Crippen LogP contribution in [0.15, 0.2) is 134 Å². The van der Waals surface area contributed by atoms with E-state index in [1.165, 1.54) is 72.2 Å². The zero-order valence-electron chi connectivity index (χ0n) is 71.9. The molecule has 138 heavy (non-hydrogen) atoms. The van der Waals surface area contributed by atoms with Crippen LogP contribution in [0.4, 0.5) is 30.2 Å². The number of nitrogen functional groups attached to an aromatic ring is 3. The number of halogens is 3. The highest BCUT2D eigenvalue weighted by molar-refractivity contribution is 7.66. The molecule has 0 amide bonds. The number of alkyl halides is 3. The summed E-state index contributed by atoms with van der Waals surface area (Å²) in [5.74, 6) is 2.15. The van der Waals surface area contributed by atoms with E-state index in [4.69, 9.17) is 84.1 Å². The summed E-state index contributed by atoms with van der Waals surface area (Å²) in [6.45, 7) is 9.20. The molecule has 60 heteroatoms. The molecule has 736 valence electrons. The Morgan fingerprint density at radius 2 is 0.812 bits per heavy atom. The van der Waals surface area contributed by atoms with Crippen molar-refractivity contribution in [2.24, 2.45) is 5.11 Å². The largest absolute Gasteiger partial charge is 0.490 e. The molecule has 6 aliphatic heterocycles. The van der Waals surface area contributed by atoms with Gasteiger partial charge in [0.05, 0.1) is 128 Å². The Balaban J connectivity index is 0.000000141. The van der Waals surface area contributed by atoms with Gasteiger partial charge in [0, 0.05) is 23.5 Å². The van der Waals surface area contributed by atoms with E-state index in [0.29, 0.717) is 90.0 Å². The van der Waals surface area contributed by atoms with E-state index in [-0.39, 0.29) is 12.3 Å². The molecule has 0 aliphatic carbocycles. The molecule has 2 unspecified atom stereocenters. The van der Waals surface area contributed by atoms with Gasteiger partial charge in [0.25, 0.3) is 0 Å². The number of ether oxygens (including phenoxy) is 6. The van der Waals surface area contributed by atoms with Gasteiger partial charge in [-0.15, -0.1) is 6.42 Å². The van der Waals surface area contributed by atoms with E-state index < -0.39 is 200 Å². The smallest absolute Gasteiger partial charge is 0.397 e. The molecule has 18 heterocycles. The summed E-state index contributed by atoms with van der Waals surface area (Å²) < 4.78 is 131. The molecular formula is C78H88F3N24O30P3. The third-order valence-corrected chi connectivity index (χ3v) is 27.3. The number of aryl methyl sites for hydroxylation is 3. The van der Waals surface area contributed by atoms with Crippen LogP contribution in [0, 0.1) is 62.3 Å². The van der Waals surface area contributed by atoms with Crippen LogP contribution in [0.2, 0.25) is 0 Å². The molecule has 6 saturated heterocycles. The van der Waals surface area contributed by atoms with Crippen molar-refractivity contribution < 1.29 is 159 Å². The predicted octanol–water partition coefficient (Wildman–Crippen LogP) is -0.865. The van der Waals surface area contributed by atoms with Crippen molar-refractivity contribution in [3.05, 3.63) is 202 Å². The van der Waals surface area contributed by atoms with Gasteiger partial charge in [-0.25, -0.2) is 75.5 Å². The number of nitrogens with two attached hydrogens (primary N) is 3. The van der Waals surface area contributed by atoms with Crippen molar-refractivity contribution in [3.8, 4) is 24.5 Å². The Morgan fingerprint density at radius 1 is 0.464 bits per heavy atom. The molecular weight excluding hydrogens is 1900 g/mol. The average Bonchev–Trinajstić information content (AvgIpc) is 1.62. The third kappa shape index (κ3) is 19.1. The maximum atomic E-state index is 14.9. The SMILES string of the molecule is C#C[C@]1(CO)O[C@@H](c2ccc3c(C)ncnn23)[C@H](F)[C@@H]1O.C[C@]1(CO)O[C@@H](c2ccc3c(N)ccnn23)[C@H](O)[C@@H]1O.Cc1ncnn2c([C@@H]3O[C@](C#N)(CO)[C@@H](O)[C@H]3F)ccc12.Cc1ncnn2c([C@@H]3O[C@](C#N)(COP(=O)(O)OP(=O)(O)OP(=O)(O)O)[C@@H](O)[C@H]3F)ccc12.[C-]#[N+][C@]1(CO)O[C@@H](c2ccc3c(N)ccnn23)[C@H](O)[C@@H]1O.[N-]=[N+]=N[C@]1(CO)O[C@@H](c2ccc3c(N)ccnn23)[C@H](O)[C@@H]1O. The van der Waals surface area contributed by atoms with Crippen LogP contribution in [0.25, 0.3) is 48.4 Å². The van der Waals surface area contributed by atoms with Gasteiger partial charge >= 0.3 is 29.2 Å². The summed E-state index contributed by atoms with van der Waals surface area (Å²) in [7, 11) is -17.1. The van der Waals surface area contributed by atoms with Gasteiger partial charge < -0.3 is 132 Å². The van der Waals surface area contributed by atoms with Crippen LogP contribution < -0.4 is 17.2 Å². The van der Waals surface area contributed by atoms with Gasteiger partial charge in [-0.05, 0) is 124 Å². The summed E-state index contributed by atoms with van der Waals surface area (Å²) in [5, 5.41) is 184. The first-order valence-electron chi connectivity index (χ1n) is 40.5. The van der Waals surface area contributed by atoms with Gasteiger partial charge in [-0.2, -0.15) is 49.7 Å². The van der Waals surface area contributed by atoms with Crippen LogP contribution in [-0.4, -0.2) is 311 Å². The Labute approximate surface area is 772 Å². The van der Waals surface area contributed by atoms with Crippen LogP contribution in [0.3, 0.4) is 0 Å². The molecule has 0 radical (unpaired) electrons. The molecule has 12 aromatic heterocycles. The Bertz CT molecular complexity index is 6600. The highest BCUT2D eigenvalue weighted by Crippen LogP contribution is 2.67. The summed E-state index contributed by atoms with van der Waals surface area (Å²) in [4.78, 5) is 53.6. The fourth-order valence-electron chi connectivity index (χ4n) is 16.0. The van der Waals surface area contributed by atoms with E-state index in [1.54, 1.807) is 123 Å². The molecule has 24 N–H and O–H groups in total. The fourth-order valence-corrected chi connectivity index (χ4v) is 19.0. The molecule has 6 fully saturated rings. The normalized spacial score (nSPS) is 31.7. The van der Waals surface area contributed by atoms with E-state index in [1.807, 2.05) is 0 Å². The van der Waals surface area contributed by atoms with E-state index in [2.05, 4.69) is 79.5 Å². The summed E-state index contributed by atoms with van der Waals surface area (Å²) in [6, 6.07) is 27.8. The predicted molar refractivity (Wildman–Crippen MR) is 457 cm³/mol. The average molecular weight is 1990 g/mol. The molecule has 0 bridgehead atoms. The second kappa shape index (κ2) is 40.1. The second-order valence-corrected chi connectivity index (χ2v) is 36.3. The minimum Gasteiger partial charge on any atom is -0.397 e. The van der Waals surface area contributed by atoms with Crippen LogP contribution in [-0.2, 0) is 55.3 Å². The zero-order chi connectivity index (χ0) is 101. The zero-order valence-corrected chi connectivity index (χ0v) is 74.6. The molecule has 6 aliphatic rings. The first-order chi connectivity index (χ1) is 65.2. The maximum Gasteiger partial charge on any atom is 0.490 e. The Kier molecular flexibility index (Phi) is 30.1. The number of terminal acetylenes is 1. The van der Waals surface area contributed by atoms with Gasteiger partial charge in [0.15, 0.2) is 42.6 Å². The minimum absolute atomic E-state index is 0.0671. The third-order valence-electron chi connectivity index (χ3n) is 23.5. The lowest BCUT2D eigenvalue weighted by molar-refractivity contribution is -0.108. The highest BCUT2D eigenvalue weighted by Gasteiger charge is 2.64. The summed E-state index contributed by atoms with van der Waals surface area (Å²) >= 11 is 0. The molecule has 26 atom stereocenters. The first kappa shape index (κ1) is 103. The molecule has 0 aromatic carbocycles. The number of rotatable bonds is 19. The van der Waals surface area contributed by atoms with Gasteiger partial charge in [-0.3, -0.25) is 14.1 Å². The van der Waals surface area contributed by atoms with Crippen molar-refractivity contribution in [2.75, 3.05) is 56.8 Å².